The number of Topliss-reactive ketones (excluding diaryl/α,β-unsaturated/α-hetero) is 2. The predicted molar refractivity (Wildman–Crippen MR) is 98.9 cm³/mol. The summed E-state index contributed by atoms with van der Waals surface area (Å²) in [5.74, 6) is -0.968. The molecule has 4 rings (SSSR count). The quantitative estimate of drug-likeness (QED) is 0.250. The predicted octanol–water partition coefficient (Wildman–Crippen LogP) is 5.34. The molecular weight excluding hydrogens is 403 g/mol. The maximum atomic E-state index is 12.9. The van der Waals surface area contributed by atoms with E-state index in [2.05, 4.69) is 0 Å². The van der Waals surface area contributed by atoms with Crippen molar-refractivity contribution in [3.8, 4) is 11.3 Å². The molecule has 3 aromatic rings. The Morgan fingerprint density at radius 1 is 0.900 bits per heavy atom. The van der Waals surface area contributed by atoms with Crippen molar-refractivity contribution in [1.29, 1.82) is 0 Å². The van der Waals surface area contributed by atoms with Crippen LogP contribution in [0.1, 0.15) is 32.0 Å². The first-order valence-corrected chi connectivity index (χ1v) is 8.53. The van der Waals surface area contributed by atoms with E-state index in [4.69, 9.17) is 4.42 Å². The van der Waals surface area contributed by atoms with Crippen LogP contribution in [0, 0.1) is 10.1 Å². The van der Waals surface area contributed by atoms with Crippen LogP contribution in [-0.4, -0.2) is 16.5 Å². The Morgan fingerprint density at radius 3 is 2.10 bits per heavy atom. The van der Waals surface area contributed by atoms with Crippen molar-refractivity contribution in [1.82, 2.24) is 0 Å². The van der Waals surface area contributed by atoms with Gasteiger partial charge in [0.15, 0.2) is 11.6 Å². The van der Waals surface area contributed by atoms with Gasteiger partial charge in [-0.2, -0.15) is 13.2 Å². The molecule has 0 N–H and O–H groups in total. The van der Waals surface area contributed by atoms with Crippen molar-refractivity contribution in [3.63, 3.8) is 0 Å². The number of benzene rings is 2. The molecule has 150 valence electrons. The summed E-state index contributed by atoms with van der Waals surface area (Å²) in [5.41, 5.74) is -1.70. The number of ketones is 2. The highest BCUT2D eigenvalue weighted by Crippen LogP contribution is 2.38. The summed E-state index contributed by atoms with van der Waals surface area (Å²) in [4.78, 5) is 35.2. The second-order valence-electron chi connectivity index (χ2n) is 6.45. The Bertz CT molecular complexity index is 1220. The van der Waals surface area contributed by atoms with E-state index in [-0.39, 0.29) is 33.8 Å². The van der Waals surface area contributed by atoms with Gasteiger partial charge in [-0.05, 0) is 30.3 Å². The maximum absolute atomic E-state index is 12.9. The molecule has 1 heterocycles. The standard InChI is InChI=1S/C21H10F3NO5/c22-21(23,24)11-5-7-15(17(9-11)25(28)29)18-8-6-12(30-18)10-16-19(26)13-3-1-2-4-14(13)20(16)27/h1-10H. The van der Waals surface area contributed by atoms with E-state index in [0.717, 1.165) is 6.07 Å². The van der Waals surface area contributed by atoms with Gasteiger partial charge in [-0.3, -0.25) is 19.7 Å². The number of nitrogens with zero attached hydrogens (tertiary/aromatic N) is 1. The molecule has 0 aliphatic heterocycles. The van der Waals surface area contributed by atoms with E-state index < -0.39 is 33.9 Å². The number of halogens is 3. The minimum absolute atomic E-state index is 0.0590. The Morgan fingerprint density at radius 2 is 1.53 bits per heavy atom. The van der Waals surface area contributed by atoms with Crippen molar-refractivity contribution in [3.05, 3.63) is 92.7 Å². The largest absolute Gasteiger partial charge is 0.456 e. The van der Waals surface area contributed by atoms with Crippen molar-refractivity contribution in [2.45, 2.75) is 6.18 Å². The molecule has 0 unspecified atom stereocenters. The topological polar surface area (TPSA) is 90.4 Å². The first-order valence-electron chi connectivity index (χ1n) is 8.53. The molecule has 0 atom stereocenters. The van der Waals surface area contributed by atoms with Crippen molar-refractivity contribution in [2.24, 2.45) is 0 Å². The first kappa shape index (κ1) is 19.3. The molecule has 1 aromatic heterocycles. The lowest BCUT2D eigenvalue weighted by atomic mass is 10.1. The SMILES string of the molecule is O=C1C(=Cc2ccc(-c3ccc(C(F)(F)F)cc3[N+](=O)[O-])o2)C(=O)c2ccccc21. The number of hydrogen-bond donors (Lipinski definition) is 0. The fourth-order valence-electron chi connectivity index (χ4n) is 3.19. The van der Waals surface area contributed by atoms with Crippen molar-refractivity contribution < 1.29 is 32.1 Å². The lowest BCUT2D eigenvalue weighted by Gasteiger charge is -2.07. The number of allylic oxidation sites excluding steroid dienone is 1. The van der Waals surface area contributed by atoms with Crippen molar-refractivity contribution >= 4 is 23.3 Å². The third-order valence-corrected chi connectivity index (χ3v) is 4.61. The average Bonchev–Trinajstić information content (AvgIpc) is 3.26. The highest BCUT2D eigenvalue weighted by molar-refractivity contribution is 6.41. The van der Waals surface area contributed by atoms with E-state index >= 15 is 0 Å². The van der Waals surface area contributed by atoms with Gasteiger partial charge in [0, 0.05) is 17.2 Å². The van der Waals surface area contributed by atoms with E-state index in [9.17, 15) is 32.9 Å². The molecule has 0 fully saturated rings. The van der Waals surface area contributed by atoms with Gasteiger partial charge in [0.1, 0.15) is 11.5 Å². The van der Waals surface area contributed by atoms with Gasteiger partial charge in [-0.1, -0.05) is 24.3 Å². The number of carbonyl (C=O) groups is 2. The smallest absolute Gasteiger partial charge is 0.416 e. The third-order valence-electron chi connectivity index (χ3n) is 4.61. The van der Waals surface area contributed by atoms with Gasteiger partial charge < -0.3 is 4.42 Å². The number of fused-ring (bicyclic) bond motifs is 1. The molecule has 0 amide bonds. The summed E-state index contributed by atoms with van der Waals surface area (Å²) >= 11 is 0. The number of alkyl halides is 3. The van der Waals surface area contributed by atoms with Crippen molar-refractivity contribution in [2.75, 3.05) is 0 Å². The van der Waals surface area contributed by atoms with Crippen LogP contribution >= 0.6 is 0 Å². The molecule has 0 radical (unpaired) electrons. The zero-order valence-electron chi connectivity index (χ0n) is 14.9. The van der Waals surface area contributed by atoms with Crippen LogP contribution in [0.5, 0.6) is 0 Å². The normalized spacial score (nSPS) is 13.5. The fourth-order valence-corrected chi connectivity index (χ4v) is 3.19. The Balaban J connectivity index is 1.73. The van der Waals surface area contributed by atoms with Gasteiger partial charge in [-0.25, -0.2) is 0 Å². The number of nitro groups is 1. The van der Waals surface area contributed by atoms with Gasteiger partial charge in [0.2, 0.25) is 0 Å². The van der Waals surface area contributed by atoms with E-state index in [1.807, 2.05) is 0 Å². The summed E-state index contributed by atoms with van der Waals surface area (Å²) in [6, 6.07) is 11.1. The molecule has 0 saturated heterocycles. The highest BCUT2D eigenvalue weighted by Gasteiger charge is 2.34. The molecule has 0 spiro atoms. The monoisotopic (exact) mass is 413 g/mol. The Kier molecular flexibility index (Phi) is 4.38. The van der Waals surface area contributed by atoms with Gasteiger partial charge in [0.25, 0.3) is 5.69 Å². The molecule has 0 saturated carbocycles. The number of nitro benzene ring substituents is 1. The summed E-state index contributed by atoms with van der Waals surface area (Å²) < 4.78 is 44.1. The molecule has 2 aromatic carbocycles. The molecule has 1 aliphatic carbocycles. The number of carbonyl (C=O) groups excluding carboxylic acids is 2. The van der Waals surface area contributed by atoms with Crippen LogP contribution in [0.2, 0.25) is 0 Å². The average molecular weight is 413 g/mol. The molecule has 9 heteroatoms. The van der Waals surface area contributed by atoms with E-state index in [0.29, 0.717) is 12.1 Å². The zero-order chi connectivity index (χ0) is 21.6. The maximum Gasteiger partial charge on any atom is 0.416 e. The van der Waals surface area contributed by atoms with Crippen LogP contribution in [-0.2, 0) is 6.18 Å². The molecule has 0 bridgehead atoms. The summed E-state index contributed by atoms with van der Waals surface area (Å²) in [5, 5.41) is 11.3. The van der Waals surface area contributed by atoms with E-state index in [1.54, 1.807) is 12.1 Å². The lowest BCUT2D eigenvalue weighted by molar-refractivity contribution is -0.384. The second kappa shape index (κ2) is 6.80. The molecule has 30 heavy (non-hydrogen) atoms. The van der Waals surface area contributed by atoms with Crippen LogP contribution in [0.3, 0.4) is 0 Å². The summed E-state index contributed by atoms with van der Waals surface area (Å²) in [7, 11) is 0. The summed E-state index contributed by atoms with van der Waals surface area (Å²) in [6.45, 7) is 0. The Hall–Kier alpha value is -4.01. The minimum atomic E-state index is -4.74. The lowest BCUT2D eigenvalue weighted by Crippen LogP contribution is -2.06. The minimum Gasteiger partial charge on any atom is -0.456 e. The van der Waals surface area contributed by atoms with Crippen LogP contribution < -0.4 is 0 Å². The molecule has 1 aliphatic rings. The number of hydrogen-bond acceptors (Lipinski definition) is 5. The molecular formula is C21H10F3NO5. The Labute approximate surface area is 166 Å². The fraction of sp³-hybridized carbons (Fsp3) is 0.0476. The van der Waals surface area contributed by atoms with Gasteiger partial charge in [0.05, 0.1) is 21.6 Å². The van der Waals surface area contributed by atoms with Gasteiger partial charge in [-0.15, -0.1) is 0 Å². The summed E-state index contributed by atoms with van der Waals surface area (Å²) in [6.07, 6.45) is -3.52. The molecule has 6 nitrogen and oxygen atoms in total. The first-order chi connectivity index (χ1) is 14.2. The highest BCUT2D eigenvalue weighted by atomic mass is 19.4. The number of rotatable bonds is 3. The van der Waals surface area contributed by atoms with Crippen LogP contribution in [0.4, 0.5) is 18.9 Å². The van der Waals surface area contributed by atoms with Crippen LogP contribution in [0.25, 0.3) is 17.4 Å². The second-order valence-corrected chi connectivity index (χ2v) is 6.45. The zero-order valence-corrected chi connectivity index (χ0v) is 14.9. The van der Waals surface area contributed by atoms with E-state index in [1.165, 1.54) is 30.3 Å². The third kappa shape index (κ3) is 3.20. The number of furan rings is 1. The van der Waals surface area contributed by atoms with Crippen LogP contribution in [0.15, 0.2) is 64.6 Å². The van der Waals surface area contributed by atoms with Gasteiger partial charge >= 0.3 is 6.18 Å².